The standard InChI is InChI=1S/C21H22N4O3S2/c1-14-5-9-16(10-6-14)22-19(26)21-24-23-20(29-21)18-4-3-13-25(18)30(27,28)17-11-7-15(2)8-12-17/h5-12,18H,3-4,13H2,1-2H3,(H,22,26). The average Bonchev–Trinajstić information content (AvgIpc) is 3.40. The van der Waals surface area contributed by atoms with Crippen LogP contribution in [0.1, 0.15) is 44.8 Å². The first-order valence-corrected chi connectivity index (χ1v) is 11.9. The van der Waals surface area contributed by atoms with Crippen molar-refractivity contribution in [2.45, 2.75) is 37.6 Å². The van der Waals surface area contributed by atoms with E-state index >= 15 is 0 Å². The maximum atomic E-state index is 13.1. The zero-order valence-corrected chi connectivity index (χ0v) is 18.3. The number of anilines is 1. The first-order chi connectivity index (χ1) is 14.3. The van der Waals surface area contributed by atoms with Crippen LogP contribution >= 0.6 is 11.3 Å². The third kappa shape index (κ3) is 4.14. The van der Waals surface area contributed by atoms with Gasteiger partial charge in [0.2, 0.25) is 15.0 Å². The molecule has 1 unspecified atom stereocenters. The van der Waals surface area contributed by atoms with Gasteiger partial charge in [-0.15, -0.1) is 10.2 Å². The molecule has 1 aliphatic rings. The summed E-state index contributed by atoms with van der Waals surface area (Å²) < 4.78 is 27.8. The molecule has 3 aromatic rings. The number of amides is 1. The second-order valence-electron chi connectivity index (χ2n) is 7.35. The van der Waals surface area contributed by atoms with Gasteiger partial charge in [0.1, 0.15) is 5.01 Å². The van der Waals surface area contributed by atoms with E-state index in [9.17, 15) is 13.2 Å². The van der Waals surface area contributed by atoms with Gasteiger partial charge in [0.15, 0.2) is 0 Å². The van der Waals surface area contributed by atoms with Crippen LogP contribution in [-0.4, -0.2) is 35.4 Å². The number of nitrogens with one attached hydrogen (secondary N) is 1. The summed E-state index contributed by atoms with van der Waals surface area (Å²) in [6, 6.07) is 13.9. The molecule has 2 heterocycles. The van der Waals surface area contributed by atoms with E-state index in [-0.39, 0.29) is 15.8 Å². The van der Waals surface area contributed by atoms with Gasteiger partial charge in [-0.2, -0.15) is 4.31 Å². The van der Waals surface area contributed by atoms with E-state index in [0.717, 1.165) is 28.9 Å². The largest absolute Gasteiger partial charge is 0.320 e. The minimum Gasteiger partial charge on any atom is -0.320 e. The van der Waals surface area contributed by atoms with E-state index in [1.54, 1.807) is 24.3 Å². The third-order valence-corrected chi connectivity index (χ3v) is 8.01. The summed E-state index contributed by atoms with van der Waals surface area (Å²) >= 11 is 1.14. The number of carbonyl (C=O) groups is 1. The molecule has 0 bridgehead atoms. The van der Waals surface area contributed by atoms with Gasteiger partial charge in [0, 0.05) is 12.2 Å². The quantitative estimate of drug-likeness (QED) is 0.646. The van der Waals surface area contributed by atoms with E-state index in [0.29, 0.717) is 23.7 Å². The van der Waals surface area contributed by atoms with E-state index in [1.165, 1.54) is 4.31 Å². The number of hydrogen-bond acceptors (Lipinski definition) is 6. The van der Waals surface area contributed by atoms with Crippen LogP contribution < -0.4 is 5.32 Å². The summed E-state index contributed by atoms with van der Waals surface area (Å²) in [4.78, 5) is 12.8. The molecule has 9 heteroatoms. The minimum absolute atomic E-state index is 0.213. The summed E-state index contributed by atoms with van der Waals surface area (Å²) in [7, 11) is -3.64. The Labute approximate surface area is 179 Å². The Balaban J connectivity index is 1.54. The monoisotopic (exact) mass is 442 g/mol. The Morgan fingerprint density at radius 2 is 1.67 bits per heavy atom. The van der Waals surface area contributed by atoms with Crippen LogP contribution in [0.5, 0.6) is 0 Å². The van der Waals surface area contributed by atoms with Gasteiger partial charge in [-0.1, -0.05) is 46.7 Å². The fraction of sp³-hybridized carbons (Fsp3) is 0.286. The van der Waals surface area contributed by atoms with Crippen LogP contribution in [0.3, 0.4) is 0 Å². The normalized spacial score (nSPS) is 17.2. The molecule has 1 atom stereocenters. The highest BCUT2D eigenvalue weighted by Gasteiger charge is 2.38. The van der Waals surface area contributed by atoms with Crippen molar-refractivity contribution in [2.24, 2.45) is 0 Å². The molecule has 1 saturated heterocycles. The lowest BCUT2D eigenvalue weighted by Crippen LogP contribution is -2.30. The van der Waals surface area contributed by atoms with Crippen LogP contribution in [0.15, 0.2) is 53.4 Å². The maximum Gasteiger partial charge on any atom is 0.286 e. The number of benzene rings is 2. The van der Waals surface area contributed by atoms with Crippen molar-refractivity contribution in [2.75, 3.05) is 11.9 Å². The molecule has 1 fully saturated rings. The zero-order chi connectivity index (χ0) is 21.3. The van der Waals surface area contributed by atoms with Gasteiger partial charge in [0.05, 0.1) is 10.9 Å². The predicted octanol–water partition coefficient (Wildman–Crippen LogP) is 3.93. The Morgan fingerprint density at radius 1 is 1.03 bits per heavy atom. The molecule has 0 radical (unpaired) electrons. The second-order valence-corrected chi connectivity index (χ2v) is 10.3. The molecule has 2 aromatic carbocycles. The van der Waals surface area contributed by atoms with Crippen LogP contribution in [-0.2, 0) is 10.0 Å². The Bertz CT molecular complexity index is 1160. The number of carbonyl (C=O) groups excluding carboxylic acids is 1. The summed E-state index contributed by atoms with van der Waals surface area (Å²) in [6.07, 6.45) is 1.39. The molecule has 156 valence electrons. The number of aryl methyl sites for hydroxylation is 2. The number of aromatic nitrogens is 2. The highest BCUT2D eigenvalue weighted by molar-refractivity contribution is 7.89. The summed E-state index contributed by atoms with van der Waals surface area (Å²) in [5.41, 5.74) is 2.77. The van der Waals surface area contributed by atoms with Crippen LogP contribution in [0.25, 0.3) is 0 Å². The smallest absolute Gasteiger partial charge is 0.286 e. The Morgan fingerprint density at radius 3 is 2.33 bits per heavy atom. The van der Waals surface area contributed by atoms with Gasteiger partial charge in [-0.05, 0) is 51.0 Å². The van der Waals surface area contributed by atoms with Crippen molar-refractivity contribution in [3.05, 3.63) is 69.7 Å². The Kier molecular flexibility index (Phi) is 5.68. The lowest BCUT2D eigenvalue weighted by atomic mass is 10.2. The zero-order valence-electron chi connectivity index (χ0n) is 16.7. The molecule has 30 heavy (non-hydrogen) atoms. The molecular weight excluding hydrogens is 420 g/mol. The fourth-order valence-corrected chi connectivity index (χ4v) is 6.02. The first kappa shape index (κ1) is 20.6. The van der Waals surface area contributed by atoms with Crippen molar-refractivity contribution in [1.29, 1.82) is 0 Å². The summed E-state index contributed by atoms with van der Waals surface area (Å²) in [5.74, 6) is -0.353. The molecule has 1 aliphatic heterocycles. The maximum absolute atomic E-state index is 13.1. The predicted molar refractivity (Wildman–Crippen MR) is 116 cm³/mol. The molecule has 0 spiro atoms. The minimum atomic E-state index is -3.64. The lowest BCUT2D eigenvalue weighted by Gasteiger charge is -2.22. The molecular formula is C21H22N4O3S2. The first-order valence-electron chi connectivity index (χ1n) is 9.64. The van der Waals surface area contributed by atoms with Gasteiger partial charge in [-0.25, -0.2) is 8.42 Å². The van der Waals surface area contributed by atoms with Gasteiger partial charge >= 0.3 is 0 Å². The highest BCUT2D eigenvalue weighted by atomic mass is 32.2. The third-order valence-electron chi connectivity index (χ3n) is 5.06. The second kappa shape index (κ2) is 8.25. The van der Waals surface area contributed by atoms with E-state index < -0.39 is 16.1 Å². The number of sulfonamides is 1. The Hall–Kier alpha value is -2.62. The number of hydrogen-bond donors (Lipinski definition) is 1. The highest BCUT2D eigenvalue weighted by Crippen LogP contribution is 2.37. The molecule has 1 N–H and O–H groups in total. The van der Waals surface area contributed by atoms with E-state index in [4.69, 9.17) is 0 Å². The molecule has 0 aliphatic carbocycles. The topological polar surface area (TPSA) is 92.3 Å². The van der Waals surface area contributed by atoms with Crippen molar-refractivity contribution in [3.63, 3.8) is 0 Å². The van der Waals surface area contributed by atoms with Crippen molar-refractivity contribution in [1.82, 2.24) is 14.5 Å². The molecule has 7 nitrogen and oxygen atoms in total. The fourth-order valence-electron chi connectivity index (χ4n) is 3.40. The molecule has 1 aromatic heterocycles. The summed E-state index contributed by atoms with van der Waals surface area (Å²) in [5, 5.41) is 11.7. The van der Waals surface area contributed by atoms with Crippen LogP contribution in [0, 0.1) is 13.8 Å². The molecule has 1 amide bonds. The SMILES string of the molecule is Cc1ccc(NC(=O)c2nnc(C3CCCN3S(=O)(=O)c3ccc(C)cc3)s2)cc1. The molecule has 0 saturated carbocycles. The number of nitrogens with zero attached hydrogens (tertiary/aromatic N) is 3. The van der Waals surface area contributed by atoms with E-state index in [2.05, 4.69) is 15.5 Å². The average molecular weight is 443 g/mol. The molecule has 4 rings (SSSR count). The van der Waals surface area contributed by atoms with Crippen molar-refractivity contribution < 1.29 is 13.2 Å². The van der Waals surface area contributed by atoms with Gasteiger partial charge in [0.25, 0.3) is 5.91 Å². The van der Waals surface area contributed by atoms with E-state index in [1.807, 2.05) is 38.1 Å². The van der Waals surface area contributed by atoms with Crippen LogP contribution in [0.2, 0.25) is 0 Å². The van der Waals surface area contributed by atoms with Crippen molar-refractivity contribution in [3.8, 4) is 0 Å². The van der Waals surface area contributed by atoms with Crippen LogP contribution in [0.4, 0.5) is 5.69 Å². The van der Waals surface area contributed by atoms with Gasteiger partial charge < -0.3 is 5.32 Å². The van der Waals surface area contributed by atoms with Crippen molar-refractivity contribution >= 4 is 33.0 Å². The summed E-state index contributed by atoms with van der Waals surface area (Å²) in [6.45, 7) is 4.31. The number of rotatable bonds is 5. The lowest BCUT2D eigenvalue weighted by molar-refractivity contribution is 0.102. The van der Waals surface area contributed by atoms with Gasteiger partial charge in [-0.3, -0.25) is 4.79 Å².